The Kier molecular flexibility index (Phi) is 5.01. The van der Waals surface area contributed by atoms with Gasteiger partial charge in [0.15, 0.2) is 0 Å². The molecule has 168 valence electrons. The van der Waals surface area contributed by atoms with Crippen molar-refractivity contribution in [1.29, 1.82) is 0 Å². The molecule has 1 amide bonds. The van der Waals surface area contributed by atoms with E-state index in [9.17, 15) is 13.2 Å². The van der Waals surface area contributed by atoms with Gasteiger partial charge in [-0.05, 0) is 64.7 Å². The normalized spacial score (nSPS) is 19.4. The van der Waals surface area contributed by atoms with Gasteiger partial charge in [0.05, 0.1) is 27.2 Å². The lowest BCUT2D eigenvalue weighted by Gasteiger charge is -2.16. The Bertz CT molecular complexity index is 1340. The molecule has 11 heteroatoms. The Balaban J connectivity index is 1.59. The van der Waals surface area contributed by atoms with E-state index in [-0.39, 0.29) is 16.3 Å². The lowest BCUT2D eigenvalue weighted by atomic mass is 9.96. The number of carbonyl (C=O) groups is 1. The Morgan fingerprint density at radius 3 is 2.50 bits per heavy atom. The van der Waals surface area contributed by atoms with Crippen molar-refractivity contribution in [3.05, 3.63) is 44.3 Å². The molecule has 2 aliphatic rings. The number of benzene rings is 1. The number of nitrogens with zero attached hydrogens (tertiary/aromatic N) is 4. The number of aromatic nitrogens is 3. The average molecular weight is 490 g/mol. The maximum Gasteiger partial charge on any atom is 0.241 e. The largest absolute Gasteiger partial charge is 0.273 e. The molecule has 1 aliphatic heterocycles. The minimum absolute atomic E-state index is 0.127. The molecule has 32 heavy (non-hydrogen) atoms. The fourth-order valence-corrected chi connectivity index (χ4v) is 7.15. The lowest BCUT2D eigenvalue weighted by Crippen LogP contribution is -2.34. The first-order valence-corrected chi connectivity index (χ1v) is 13.4. The number of anilines is 2. The van der Waals surface area contributed by atoms with Gasteiger partial charge >= 0.3 is 0 Å². The predicted octanol–water partition coefficient (Wildman–Crippen LogP) is 3.76. The van der Waals surface area contributed by atoms with Crippen LogP contribution < -0.4 is 9.62 Å². The van der Waals surface area contributed by atoms with Crippen molar-refractivity contribution in [3.63, 3.8) is 0 Å². The van der Waals surface area contributed by atoms with Crippen molar-refractivity contribution in [2.75, 3.05) is 4.90 Å². The van der Waals surface area contributed by atoms with Crippen molar-refractivity contribution in [1.82, 2.24) is 19.9 Å². The summed E-state index contributed by atoms with van der Waals surface area (Å²) in [5.41, 5.74) is 1.89. The first kappa shape index (κ1) is 21.6. The van der Waals surface area contributed by atoms with E-state index in [1.54, 1.807) is 29.5 Å². The zero-order chi connectivity index (χ0) is 22.8. The summed E-state index contributed by atoms with van der Waals surface area (Å²) in [6.07, 6.45) is 2.16. The molecule has 3 aromatic rings. The molecule has 0 spiro atoms. The molecule has 1 saturated carbocycles. The number of aryl methyl sites for hydroxylation is 3. The van der Waals surface area contributed by atoms with Gasteiger partial charge in [0.25, 0.3) is 0 Å². The van der Waals surface area contributed by atoms with E-state index in [0.29, 0.717) is 17.2 Å². The van der Waals surface area contributed by atoms with E-state index in [4.69, 9.17) is 0 Å². The van der Waals surface area contributed by atoms with Crippen LogP contribution in [0.3, 0.4) is 0 Å². The molecule has 1 fully saturated rings. The molecule has 0 radical (unpaired) electrons. The van der Waals surface area contributed by atoms with Crippen LogP contribution in [0, 0.1) is 20.8 Å². The van der Waals surface area contributed by atoms with Gasteiger partial charge in [-0.3, -0.25) is 9.69 Å². The molecule has 1 unspecified atom stereocenters. The van der Waals surface area contributed by atoms with Gasteiger partial charge in [-0.25, -0.2) is 18.1 Å². The van der Waals surface area contributed by atoms with Gasteiger partial charge in [0.2, 0.25) is 21.1 Å². The Labute approximate surface area is 194 Å². The van der Waals surface area contributed by atoms with Gasteiger partial charge in [-0.1, -0.05) is 17.4 Å². The number of rotatable bonds is 6. The van der Waals surface area contributed by atoms with Crippen LogP contribution in [-0.2, 0) is 21.2 Å². The molecule has 1 atom stereocenters. The Hall–Kier alpha value is -2.21. The monoisotopic (exact) mass is 489 g/mol. The molecule has 5 rings (SSSR count). The van der Waals surface area contributed by atoms with E-state index < -0.39 is 15.9 Å². The van der Waals surface area contributed by atoms with Crippen molar-refractivity contribution >= 4 is 49.4 Å². The van der Waals surface area contributed by atoms with Crippen LogP contribution in [0.25, 0.3) is 0 Å². The number of carbonyl (C=O) groups excluding carboxylic acids is 1. The maximum absolute atomic E-state index is 13.6. The molecular formula is C21H23N5O3S3. The minimum Gasteiger partial charge on any atom is -0.273 e. The lowest BCUT2D eigenvalue weighted by molar-refractivity contribution is -0.118. The summed E-state index contributed by atoms with van der Waals surface area (Å²) in [6.45, 7) is 7.62. The van der Waals surface area contributed by atoms with Crippen molar-refractivity contribution < 1.29 is 13.2 Å². The standard InChI is InChI=1S/C21H23N5O3S3/c1-11-18(30-12(2)22-11)10-16-15-6-5-14(32(28,29)25-21(4)7-8-21)9-17(15)26(19(16)27)20-24-23-13(3)31-20/h5-6,9,16,25H,7-8,10H2,1-4H3. The molecule has 0 bridgehead atoms. The third kappa shape index (κ3) is 3.76. The number of fused-ring (bicyclic) bond motifs is 1. The van der Waals surface area contributed by atoms with Crippen molar-refractivity contribution in [2.24, 2.45) is 0 Å². The number of amides is 1. The highest BCUT2D eigenvalue weighted by atomic mass is 32.2. The van der Waals surface area contributed by atoms with Gasteiger partial charge in [-0.15, -0.1) is 21.5 Å². The van der Waals surface area contributed by atoms with Gasteiger partial charge in [0.1, 0.15) is 5.01 Å². The number of nitrogens with one attached hydrogen (secondary N) is 1. The quantitative estimate of drug-likeness (QED) is 0.565. The predicted molar refractivity (Wildman–Crippen MR) is 124 cm³/mol. The summed E-state index contributed by atoms with van der Waals surface area (Å²) in [4.78, 5) is 20.8. The summed E-state index contributed by atoms with van der Waals surface area (Å²) >= 11 is 2.90. The van der Waals surface area contributed by atoms with Crippen LogP contribution in [0.2, 0.25) is 0 Å². The van der Waals surface area contributed by atoms with Crippen LogP contribution in [0.1, 0.15) is 51.8 Å². The van der Waals surface area contributed by atoms with E-state index in [1.165, 1.54) is 16.2 Å². The summed E-state index contributed by atoms with van der Waals surface area (Å²) in [5, 5.41) is 10.4. The summed E-state index contributed by atoms with van der Waals surface area (Å²) < 4.78 is 28.8. The van der Waals surface area contributed by atoms with Gasteiger partial charge < -0.3 is 0 Å². The molecular weight excluding hydrogens is 466 g/mol. The summed E-state index contributed by atoms with van der Waals surface area (Å²) in [6, 6.07) is 4.94. The van der Waals surface area contributed by atoms with Crippen LogP contribution in [0.15, 0.2) is 23.1 Å². The third-order valence-electron chi connectivity index (χ3n) is 5.92. The van der Waals surface area contributed by atoms with E-state index in [0.717, 1.165) is 39.0 Å². The molecule has 1 N–H and O–H groups in total. The summed E-state index contributed by atoms with van der Waals surface area (Å²) in [5.74, 6) is -0.559. The highest BCUT2D eigenvalue weighted by Crippen LogP contribution is 2.46. The van der Waals surface area contributed by atoms with Gasteiger partial charge in [0, 0.05) is 10.4 Å². The van der Waals surface area contributed by atoms with Gasteiger partial charge in [-0.2, -0.15) is 0 Å². The minimum atomic E-state index is -3.70. The molecule has 2 aromatic heterocycles. The van der Waals surface area contributed by atoms with Crippen LogP contribution in [0.5, 0.6) is 0 Å². The van der Waals surface area contributed by atoms with E-state index >= 15 is 0 Å². The van der Waals surface area contributed by atoms with E-state index in [2.05, 4.69) is 19.9 Å². The van der Waals surface area contributed by atoms with Crippen LogP contribution in [0.4, 0.5) is 10.8 Å². The second-order valence-electron chi connectivity index (χ2n) is 8.66. The number of thiazole rings is 1. The number of sulfonamides is 1. The number of hydrogen-bond donors (Lipinski definition) is 1. The highest BCUT2D eigenvalue weighted by Gasteiger charge is 2.43. The molecule has 8 nitrogen and oxygen atoms in total. The molecule has 3 heterocycles. The smallest absolute Gasteiger partial charge is 0.241 e. The fourth-order valence-electron chi connectivity index (χ4n) is 3.98. The SMILES string of the molecule is Cc1nnc(N2C(=O)C(Cc3sc(C)nc3C)c3ccc(S(=O)(=O)NC4(C)CC4)cc32)s1. The van der Waals surface area contributed by atoms with Crippen molar-refractivity contribution in [3.8, 4) is 0 Å². The second kappa shape index (κ2) is 7.41. The molecule has 0 saturated heterocycles. The first-order chi connectivity index (χ1) is 15.1. The van der Waals surface area contributed by atoms with Crippen LogP contribution in [-0.4, -0.2) is 35.0 Å². The summed E-state index contributed by atoms with van der Waals surface area (Å²) in [7, 11) is -3.70. The zero-order valence-corrected chi connectivity index (χ0v) is 20.6. The topological polar surface area (TPSA) is 105 Å². The zero-order valence-electron chi connectivity index (χ0n) is 18.2. The third-order valence-corrected chi connectivity index (χ3v) is 9.48. The average Bonchev–Trinajstić information content (AvgIpc) is 3.01. The highest BCUT2D eigenvalue weighted by molar-refractivity contribution is 7.89. The van der Waals surface area contributed by atoms with Crippen LogP contribution >= 0.6 is 22.7 Å². The van der Waals surface area contributed by atoms with Crippen molar-refractivity contribution in [2.45, 2.75) is 63.3 Å². The molecule has 1 aliphatic carbocycles. The first-order valence-electron chi connectivity index (χ1n) is 10.3. The van der Waals surface area contributed by atoms with E-state index in [1.807, 2.05) is 27.7 Å². The second-order valence-corrected chi connectivity index (χ2v) is 12.8. The fraction of sp³-hybridized carbons (Fsp3) is 0.429. The number of hydrogen-bond acceptors (Lipinski definition) is 8. The molecule has 1 aromatic carbocycles. The Morgan fingerprint density at radius 1 is 1.16 bits per heavy atom. The maximum atomic E-state index is 13.6. The Morgan fingerprint density at radius 2 is 1.91 bits per heavy atom.